The highest BCUT2D eigenvalue weighted by atomic mass is 16.6. The first-order valence-corrected chi connectivity index (χ1v) is 14.9. The number of fused-ring (bicyclic) bond motifs is 1. The quantitative estimate of drug-likeness (QED) is 0.366. The molecule has 1 aromatic carbocycles. The van der Waals surface area contributed by atoms with Gasteiger partial charge in [0.1, 0.15) is 11.4 Å². The molecule has 0 unspecified atom stereocenters. The minimum Gasteiger partial charge on any atom is -0.460 e. The molecule has 1 saturated heterocycles. The van der Waals surface area contributed by atoms with Crippen molar-refractivity contribution >= 4 is 17.7 Å². The molecule has 2 aliphatic heterocycles. The van der Waals surface area contributed by atoms with E-state index in [2.05, 4.69) is 22.5 Å². The molecule has 0 radical (unpaired) electrons. The van der Waals surface area contributed by atoms with Gasteiger partial charge in [-0.25, -0.2) is 9.67 Å². The van der Waals surface area contributed by atoms with Gasteiger partial charge in [-0.15, -0.1) is 0 Å². The highest BCUT2D eigenvalue weighted by molar-refractivity contribution is 5.88. The van der Waals surface area contributed by atoms with Gasteiger partial charge in [-0.1, -0.05) is 18.2 Å². The van der Waals surface area contributed by atoms with Crippen molar-refractivity contribution in [3.63, 3.8) is 0 Å². The second-order valence-electron chi connectivity index (χ2n) is 12.6. The zero-order chi connectivity index (χ0) is 29.1. The lowest BCUT2D eigenvalue weighted by molar-refractivity contribution is -0.157. The molecule has 41 heavy (non-hydrogen) atoms. The summed E-state index contributed by atoms with van der Waals surface area (Å²) in [6.45, 7) is 11.9. The van der Waals surface area contributed by atoms with Crippen LogP contribution in [0.15, 0.2) is 42.5 Å². The lowest BCUT2D eigenvalue weighted by Crippen LogP contribution is -2.35. The molecular weight excluding hydrogens is 514 g/mol. The summed E-state index contributed by atoms with van der Waals surface area (Å²) in [6, 6.07) is 14.2. The van der Waals surface area contributed by atoms with Gasteiger partial charge in [-0.05, 0) is 108 Å². The Labute approximate surface area is 243 Å². The Bertz CT molecular complexity index is 1410. The smallest absolute Gasteiger partial charge is 0.307 e. The lowest BCUT2D eigenvalue weighted by Gasteiger charge is -2.26. The van der Waals surface area contributed by atoms with Gasteiger partial charge in [0, 0.05) is 31.0 Å². The molecule has 5 rings (SSSR count). The van der Waals surface area contributed by atoms with E-state index in [-0.39, 0.29) is 18.3 Å². The predicted octanol–water partition coefficient (Wildman–Crippen LogP) is 5.54. The largest absolute Gasteiger partial charge is 0.460 e. The number of likely N-dealkylation sites (tertiary alicyclic amines) is 1. The fourth-order valence-corrected chi connectivity index (χ4v) is 6.01. The van der Waals surface area contributed by atoms with Gasteiger partial charge in [0.25, 0.3) is 0 Å². The van der Waals surface area contributed by atoms with E-state index >= 15 is 0 Å². The molecule has 0 aliphatic carbocycles. The fourth-order valence-electron chi connectivity index (χ4n) is 6.01. The molecule has 8 nitrogen and oxygen atoms in total. The summed E-state index contributed by atoms with van der Waals surface area (Å²) in [5.41, 5.74) is 5.42. The zero-order valence-electron chi connectivity index (χ0n) is 25.1. The number of carbonyl (C=O) groups excluding carboxylic acids is 2. The molecule has 1 fully saturated rings. The molecule has 1 amide bonds. The third-order valence-corrected chi connectivity index (χ3v) is 7.97. The number of carbonyl (C=O) groups is 2. The summed E-state index contributed by atoms with van der Waals surface area (Å²) in [7, 11) is 0. The van der Waals surface area contributed by atoms with E-state index in [1.54, 1.807) is 0 Å². The summed E-state index contributed by atoms with van der Waals surface area (Å²) in [4.78, 5) is 33.8. The number of anilines is 1. The van der Waals surface area contributed by atoms with Crippen LogP contribution >= 0.6 is 0 Å². The van der Waals surface area contributed by atoms with Crippen molar-refractivity contribution in [3.05, 3.63) is 70.7 Å². The number of aryl methyl sites for hydroxylation is 4. The average Bonchev–Trinajstić information content (AvgIpc) is 3.55. The van der Waals surface area contributed by atoms with Crippen LogP contribution in [0.3, 0.4) is 0 Å². The maximum Gasteiger partial charge on any atom is 0.307 e. The van der Waals surface area contributed by atoms with Crippen LogP contribution in [-0.2, 0) is 27.2 Å². The molecule has 3 aromatic rings. The van der Waals surface area contributed by atoms with Crippen molar-refractivity contribution in [2.24, 2.45) is 5.92 Å². The molecule has 8 heteroatoms. The standard InChI is InChI=1S/C33H43N5O3/c1-22-18-23(2)38(36-22)28-10-6-8-26(19-28)29(20-30(39)41-33(3,4)5)32(40)37-17-15-24(21-37)11-13-27-14-12-25-9-7-16-34-31(25)35-27/h6,8,10,12,14,18-19,24,29H,7,9,11,13,15-17,20-21H2,1-5H3,(H,34,35)/t24-,29+/m1/s1. The van der Waals surface area contributed by atoms with E-state index in [4.69, 9.17) is 9.72 Å². The Morgan fingerprint density at radius 2 is 1.98 bits per heavy atom. The number of aromatic nitrogens is 3. The molecule has 0 saturated carbocycles. The Hall–Kier alpha value is -3.68. The van der Waals surface area contributed by atoms with Crippen molar-refractivity contribution in [3.8, 4) is 5.69 Å². The van der Waals surface area contributed by atoms with E-state index < -0.39 is 11.5 Å². The van der Waals surface area contributed by atoms with Crippen molar-refractivity contribution < 1.29 is 14.3 Å². The predicted molar refractivity (Wildman–Crippen MR) is 160 cm³/mol. The Morgan fingerprint density at radius 1 is 1.15 bits per heavy atom. The van der Waals surface area contributed by atoms with Gasteiger partial charge in [0.05, 0.1) is 23.7 Å². The first kappa shape index (κ1) is 28.8. The molecule has 0 spiro atoms. The number of benzene rings is 1. The van der Waals surface area contributed by atoms with E-state index in [1.165, 1.54) is 5.56 Å². The highest BCUT2D eigenvalue weighted by Crippen LogP contribution is 2.31. The lowest BCUT2D eigenvalue weighted by atomic mass is 9.93. The minimum absolute atomic E-state index is 0.00386. The van der Waals surface area contributed by atoms with Crippen molar-refractivity contribution in [2.45, 2.75) is 84.7 Å². The number of ether oxygens (including phenoxy) is 1. The molecule has 0 bridgehead atoms. The van der Waals surface area contributed by atoms with Crippen LogP contribution in [0.4, 0.5) is 5.82 Å². The van der Waals surface area contributed by atoms with Crippen LogP contribution in [0.25, 0.3) is 5.69 Å². The minimum atomic E-state index is -0.617. The molecular formula is C33H43N5O3. The Morgan fingerprint density at radius 3 is 2.73 bits per heavy atom. The number of hydrogen-bond acceptors (Lipinski definition) is 6. The van der Waals surface area contributed by atoms with Crippen molar-refractivity contribution in [1.29, 1.82) is 0 Å². The normalized spacial score (nSPS) is 17.6. The number of amides is 1. The van der Waals surface area contributed by atoms with E-state index in [1.807, 2.05) is 74.5 Å². The fraction of sp³-hybridized carbons (Fsp3) is 0.515. The van der Waals surface area contributed by atoms with Gasteiger partial charge in [-0.2, -0.15) is 5.10 Å². The third-order valence-electron chi connectivity index (χ3n) is 7.97. The van der Waals surface area contributed by atoms with E-state index in [9.17, 15) is 9.59 Å². The number of nitrogens with one attached hydrogen (secondary N) is 1. The summed E-state index contributed by atoms with van der Waals surface area (Å²) in [5.74, 6) is 0.446. The maximum absolute atomic E-state index is 14.0. The second kappa shape index (κ2) is 12.0. The van der Waals surface area contributed by atoms with Crippen LogP contribution in [0.5, 0.6) is 0 Å². The third kappa shape index (κ3) is 7.16. The van der Waals surface area contributed by atoms with Crippen molar-refractivity contribution in [1.82, 2.24) is 19.7 Å². The first-order chi connectivity index (χ1) is 19.6. The van der Waals surface area contributed by atoms with Gasteiger partial charge < -0.3 is 15.0 Å². The molecule has 2 aromatic heterocycles. The molecule has 2 atom stereocenters. The molecule has 1 N–H and O–H groups in total. The topological polar surface area (TPSA) is 89.4 Å². The first-order valence-electron chi connectivity index (χ1n) is 14.9. The number of rotatable bonds is 8. The number of hydrogen-bond donors (Lipinski definition) is 1. The van der Waals surface area contributed by atoms with Gasteiger partial charge >= 0.3 is 5.97 Å². The summed E-state index contributed by atoms with van der Waals surface area (Å²) in [5, 5.41) is 8.03. The Balaban J connectivity index is 1.30. The monoisotopic (exact) mass is 557 g/mol. The van der Waals surface area contributed by atoms with Gasteiger partial charge in [0.15, 0.2) is 0 Å². The number of pyridine rings is 1. The van der Waals surface area contributed by atoms with Crippen LogP contribution in [0.1, 0.15) is 80.6 Å². The maximum atomic E-state index is 14.0. The summed E-state index contributed by atoms with van der Waals surface area (Å²) in [6.07, 6.45) is 5.09. The SMILES string of the molecule is Cc1cc(C)n(-c2cccc([C@H](CC(=O)OC(C)(C)C)C(=O)N3CC[C@@H](CCc4ccc5c(n4)NCCC5)C3)c2)n1. The molecule has 218 valence electrons. The van der Waals surface area contributed by atoms with Crippen LogP contribution in [0, 0.1) is 19.8 Å². The number of esters is 1. The van der Waals surface area contributed by atoms with E-state index in [0.29, 0.717) is 19.0 Å². The van der Waals surface area contributed by atoms with Crippen molar-refractivity contribution in [2.75, 3.05) is 25.0 Å². The van der Waals surface area contributed by atoms with Crippen LogP contribution < -0.4 is 5.32 Å². The average molecular weight is 558 g/mol. The van der Waals surface area contributed by atoms with E-state index in [0.717, 1.165) is 72.8 Å². The van der Waals surface area contributed by atoms with Crippen LogP contribution in [-0.4, -0.2) is 56.8 Å². The van der Waals surface area contributed by atoms with Crippen LogP contribution in [0.2, 0.25) is 0 Å². The summed E-state index contributed by atoms with van der Waals surface area (Å²) >= 11 is 0. The zero-order valence-corrected chi connectivity index (χ0v) is 25.1. The van der Waals surface area contributed by atoms with Gasteiger partial charge in [0.2, 0.25) is 5.91 Å². The second-order valence-corrected chi connectivity index (χ2v) is 12.6. The highest BCUT2D eigenvalue weighted by Gasteiger charge is 2.34. The molecule has 4 heterocycles. The number of nitrogens with zero attached hydrogens (tertiary/aromatic N) is 4. The Kier molecular flexibility index (Phi) is 8.47. The molecule has 2 aliphatic rings. The van der Waals surface area contributed by atoms with Gasteiger partial charge in [-0.3, -0.25) is 9.59 Å². The summed E-state index contributed by atoms with van der Waals surface area (Å²) < 4.78 is 7.53.